The Morgan fingerprint density at radius 3 is 1.97 bits per heavy atom. The van der Waals surface area contributed by atoms with Crippen molar-refractivity contribution in [2.45, 2.75) is 13.1 Å². The molecule has 0 atom stereocenters. The van der Waals surface area contributed by atoms with Crippen LogP contribution >= 0.6 is 0 Å². The molecule has 0 aliphatic heterocycles. The number of benzene rings is 4. The van der Waals surface area contributed by atoms with Gasteiger partial charge in [-0.2, -0.15) is 22.5 Å². The Labute approximate surface area is 221 Å². The Morgan fingerprint density at radius 1 is 0.656 bits per heavy atom. The van der Waals surface area contributed by atoms with Crippen molar-refractivity contribution in [3.05, 3.63) is 97.1 Å². The molecule has 0 radical (unpaired) electrons. The third-order valence-electron chi connectivity index (χ3n) is 6.67. The van der Waals surface area contributed by atoms with Gasteiger partial charge in [0.1, 0.15) is 0 Å². The van der Waals surface area contributed by atoms with Crippen LogP contribution in [0.1, 0.15) is 0 Å². The second-order valence-corrected chi connectivity index (χ2v) is 13.0. The molecule has 6 aromatic carbocycles. The van der Waals surface area contributed by atoms with E-state index in [9.17, 15) is 0 Å². The first-order chi connectivity index (χ1) is 14.1. The average molecular weight is 549 g/mol. The topological polar surface area (TPSA) is 0 Å². The molecule has 0 aliphatic rings. The SMILES string of the molecule is C[Si](C)(c1cc2c(ccc3ccccc32)[cH-]1)c1c[cH-]c2ccc3ccccc3c12.[Cl-].[Cl-].[Zr+4]. The molecule has 4 heteroatoms. The normalized spacial score (nSPS) is 11.3. The molecule has 0 heterocycles. The van der Waals surface area contributed by atoms with Crippen LogP contribution in [0.4, 0.5) is 0 Å². The van der Waals surface area contributed by atoms with Crippen LogP contribution in [0.2, 0.25) is 13.1 Å². The number of halogens is 2. The minimum absolute atomic E-state index is 0. The van der Waals surface area contributed by atoms with Gasteiger partial charge in [0, 0.05) is 8.07 Å². The van der Waals surface area contributed by atoms with E-state index in [4.69, 9.17) is 0 Å². The molecule has 0 aliphatic carbocycles. The van der Waals surface area contributed by atoms with Crippen molar-refractivity contribution in [2.75, 3.05) is 0 Å². The molecule has 6 aromatic rings. The van der Waals surface area contributed by atoms with Crippen LogP contribution in [-0.4, -0.2) is 8.07 Å². The summed E-state index contributed by atoms with van der Waals surface area (Å²) in [5.74, 6) is 0. The fourth-order valence-corrected chi connectivity index (χ4v) is 7.72. The zero-order chi connectivity index (χ0) is 19.6. The minimum atomic E-state index is -1.86. The average Bonchev–Trinajstić information content (AvgIpc) is 3.39. The first-order valence-corrected chi connectivity index (χ1v) is 13.3. The second kappa shape index (κ2) is 9.27. The van der Waals surface area contributed by atoms with E-state index in [0.717, 1.165) is 0 Å². The molecule has 0 nitrogen and oxygen atoms in total. The molecule has 0 aromatic heterocycles. The fraction of sp³-hybridized carbons (Fsp3) is 0.0714. The van der Waals surface area contributed by atoms with Crippen LogP contribution in [0.3, 0.4) is 0 Å². The summed E-state index contributed by atoms with van der Waals surface area (Å²) in [5, 5.41) is 14.0. The molecule has 0 spiro atoms. The fourth-order valence-electron chi connectivity index (χ4n) is 4.99. The molecule has 0 N–H and O–H groups in total. The van der Waals surface area contributed by atoms with E-state index in [1.165, 1.54) is 48.3 Å². The van der Waals surface area contributed by atoms with Gasteiger partial charge < -0.3 is 24.8 Å². The van der Waals surface area contributed by atoms with Crippen molar-refractivity contribution < 1.29 is 51.0 Å². The third kappa shape index (κ3) is 3.72. The zero-order valence-corrected chi connectivity index (χ0v) is 23.0. The number of hydrogen-bond acceptors (Lipinski definition) is 0. The van der Waals surface area contributed by atoms with E-state index in [-0.39, 0.29) is 51.0 Å². The molecular weight excluding hydrogens is 527 g/mol. The predicted octanol–water partition coefficient (Wildman–Crippen LogP) is 0.565. The van der Waals surface area contributed by atoms with Crippen molar-refractivity contribution in [1.29, 1.82) is 0 Å². The molecule has 156 valence electrons. The predicted molar refractivity (Wildman–Crippen MR) is 131 cm³/mol. The minimum Gasteiger partial charge on any atom is -1.00 e. The van der Waals surface area contributed by atoms with Crippen LogP contribution in [0.25, 0.3) is 43.1 Å². The molecular formula is C28H22Cl2SiZr. The Hall–Kier alpha value is -1.70. The summed E-state index contributed by atoms with van der Waals surface area (Å²) in [6, 6.07) is 36.2. The van der Waals surface area contributed by atoms with Gasteiger partial charge in [0.2, 0.25) is 0 Å². The van der Waals surface area contributed by atoms with E-state index < -0.39 is 8.07 Å². The van der Waals surface area contributed by atoms with Gasteiger partial charge in [-0.25, -0.2) is 0 Å². The smallest absolute Gasteiger partial charge is 1.00 e. The van der Waals surface area contributed by atoms with Crippen LogP contribution in [0.5, 0.6) is 0 Å². The third-order valence-corrected chi connectivity index (χ3v) is 10.2. The van der Waals surface area contributed by atoms with Crippen LogP contribution in [0.15, 0.2) is 97.1 Å². The monoisotopic (exact) mass is 546 g/mol. The maximum Gasteiger partial charge on any atom is 4.00 e. The first-order valence-electron chi connectivity index (χ1n) is 10.3. The van der Waals surface area contributed by atoms with Gasteiger partial charge in [0.15, 0.2) is 0 Å². The van der Waals surface area contributed by atoms with Crippen molar-refractivity contribution in [2.24, 2.45) is 0 Å². The van der Waals surface area contributed by atoms with Crippen LogP contribution in [-0.2, 0) is 26.2 Å². The summed E-state index contributed by atoms with van der Waals surface area (Å²) in [6.07, 6.45) is 0. The van der Waals surface area contributed by atoms with Crippen LogP contribution < -0.4 is 35.2 Å². The van der Waals surface area contributed by atoms with Crippen molar-refractivity contribution >= 4 is 61.5 Å². The first kappa shape index (κ1) is 24.9. The summed E-state index contributed by atoms with van der Waals surface area (Å²) in [7, 11) is -1.86. The molecule has 6 rings (SSSR count). The van der Waals surface area contributed by atoms with Gasteiger partial charge in [-0.15, -0.1) is 45.8 Å². The summed E-state index contributed by atoms with van der Waals surface area (Å²) in [6.45, 7) is 5.00. The molecule has 0 amide bonds. The quantitative estimate of drug-likeness (QED) is 0.219. The Balaban J connectivity index is 0.000000963. The van der Waals surface area contributed by atoms with Gasteiger partial charge in [-0.3, -0.25) is 0 Å². The van der Waals surface area contributed by atoms with E-state index in [0.29, 0.717) is 0 Å². The summed E-state index contributed by atoms with van der Waals surface area (Å²) in [5.41, 5.74) is 0. The van der Waals surface area contributed by atoms with Gasteiger partial charge in [0.25, 0.3) is 0 Å². The van der Waals surface area contributed by atoms with E-state index in [1.54, 1.807) is 5.19 Å². The summed E-state index contributed by atoms with van der Waals surface area (Å²) >= 11 is 0. The molecule has 0 unspecified atom stereocenters. The number of hydrogen-bond donors (Lipinski definition) is 0. The Morgan fingerprint density at radius 2 is 1.25 bits per heavy atom. The Kier molecular flexibility index (Phi) is 7.23. The van der Waals surface area contributed by atoms with E-state index in [2.05, 4.69) is 110 Å². The van der Waals surface area contributed by atoms with Gasteiger partial charge in [0.05, 0.1) is 0 Å². The second-order valence-electron chi connectivity index (χ2n) is 8.66. The van der Waals surface area contributed by atoms with E-state index in [1.807, 2.05) is 0 Å². The van der Waals surface area contributed by atoms with Crippen molar-refractivity contribution in [3.8, 4) is 0 Å². The van der Waals surface area contributed by atoms with Gasteiger partial charge in [-0.05, 0) is 10.8 Å². The molecule has 0 saturated carbocycles. The summed E-state index contributed by atoms with van der Waals surface area (Å²) < 4.78 is 0. The maximum atomic E-state index is 2.50. The number of rotatable bonds is 2. The van der Waals surface area contributed by atoms with Crippen LogP contribution in [0, 0.1) is 0 Å². The molecule has 32 heavy (non-hydrogen) atoms. The van der Waals surface area contributed by atoms with Crippen molar-refractivity contribution in [1.82, 2.24) is 0 Å². The number of fused-ring (bicyclic) bond motifs is 6. The van der Waals surface area contributed by atoms with Gasteiger partial charge in [-0.1, -0.05) is 84.5 Å². The zero-order valence-electron chi connectivity index (χ0n) is 18.0. The summed E-state index contributed by atoms with van der Waals surface area (Å²) in [4.78, 5) is 0. The Bertz CT molecular complexity index is 1540. The van der Waals surface area contributed by atoms with Gasteiger partial charge >= 0.3 is 26.2 Å². The van der Waals surface area contributed by atoms with E-state index >= 15 is 0 Å². The largest absolute Gasteiger partial charge is 4.00 e. The molecule has 0 bridgehead atoms. The van der Waals surface area contributed by atoms with Crippen molar-refractivity contribution in [3.63, 3.8) is 0 Å². The molecule has 0 saturated heterocycles. The molecule has 0 fully saturated rings. The maximum absolute atomic E-state index is 2.50. The standard InChI is InChI=1S/C28H22Si.2ClH.Zr/c1-29(2,23-17-22-14-12-19-7-3-5-9-24(19)26(22)18-23)27-16-15-21-13-11-20-8-4-6-10-25(20)28(21)27;;;/h3-18H,1-2H3;2*1H;/q-2;;;+4/p-2.